The number of hydrogen-bond donors (Lipinski definition) is 2. The minimum atomic E-state index is -0.500. The van der Waals surface area contributed by atoms with Crippen LogP contribution in [0, 0.1) is 10.1 Å². The van der Waals surface area contributed by atoms with Gasteiger partial charge >= 0.3 is 5.69 Å². The molecule has 0 saturated carbocycles. The van der Waals surface area contributed by atoms with E-state index in [1.807, 2.05) is 18.7 Å². The van der Waals surface area contributed by atoms with Crippen LogP contribution in [0.5, 0.6) is 0 Å². The standard InChI is InChI=1S/C12H22N6O2/c1-4-5-6-7-17(9(2)3)12-10(18(19)20)11(16-13)14-8-15-12/h8-9H,4-7,13H2,1-3H3,(H,14,15,16). The zero-order chi connectivity index (χ0) is 15.1. The van der Waals surface area contributed by atoms with Gasteiger partial charge in [-0.05, 0) is 20.3 Å². The Labute approximate surface area is 118 Å². The van der Waals surface area contributed by atoms with Crippen LogP contribution in [-0.4, -0.2) is 27.5 Å². The molecule has 112 valence electrons. The number of aromatic nitrogens is 2. The first-order valence-electron chi connectivity index (χ1n) is 6.75. The second kappa shape index (κ2) is 7.59. The Morgan fingerprint density at radius 3 is 2.65 bits per heavy atom. The second-order valence-corrected chi connectivity index (χ2v) is 4.79. The van der Waals surface area contributed by atoms with E-state index in [0.717, 1.165) is 19.3 Å². The Balaban J connectivity index is 3.15. The summed E-state index contributed by atoms with van der Waals surface area (Å²) in [5.41, 5.74) is 2.08. The van der Waals surface area contributed by atoms with Crippen LogP contribution >= 0.6 is 0 Å². The Bertz CT molecular complexity index is 452. The molecular weight excluding hydrogens is 260 g/mol. The van der Waals surface area contributed by atoms with Crippen LogP contribution in [0.2, 0.25) is 0 Å². The van der Waals surface area contributed by atoms with Gasteiger partial charge in [0, 0.05) is 12.6 Å². The quantitative estimate of drug-likeness (QED) is 0.325. The number of hydrogen-bond acceptors (Lipinski definition) is 7. The molecule has 0 amide bonds. The molecule has 0 fully saturated rings. The first-order valence-corrected chi connectivity index (χ1v) is 6.75. The lowest BCUT2D eigenvalue weighted by atomic mass is 10.2. The molecule has 1 rings (SSSR count). The van der Waals surface area contributed by atoms with Crippen LogP contribution in [-0.2, 0) is 0 Å². The molecule has 0 saturated heterocycles. The van der Waals surface area contributed by atoms with E-state index in [0.29, 0.717) is 12.4 Å². The highest BCUT2D eigenvalue weighted by Gasteiger charge is 2.27. The van der Waals surface area contributed by atoms with Crippen molar-refractivity contribution in [1.82, 2.24) is 9.97 Å². The van der Waals surface area contributed by atoms with Crippen LogP contribution in [0.3, 0.4) is 0 Å². The molecule has 0 aliphatic carbocycles. The normalized spacial score (nSPS) is 10.7. The molecule has 0 unspecified atom stereocenters. The van der Waals surface area contributed by atoms with Crippen molar-refractivity contribution in [3.8, 4) is 0 Å². The van der Waals surface area contributed by atoms with Crippen molar-refractivity contribution in [2.75, 3.05) is 16.9 Å². The van der Waals surface area contributed by atoms with Gasteiger partial charge in [-0.1, -0.05) is 19.8 Å². The molecule has 0 radical (unpaired) electrons. The third kappa shape index (κ3) is 3.77. The highest BCUT2D eigenvalue weighted by atomic mass is 16.6. The van der Waals surface area contributed by atoms with E-state index in [-0.39, 0.29) is 17.5 Å². The zero-order valence-corrected chi connectivity index (χ0v) is 12.2. The summed E-state index contributed by atoms with van der Waals surface area (Å²) in [5.74, 6) is 5.63. The maximum atomic E-state index is 11.3. The average molecular weight is 282 g/mol. The molecule has 0 spiro atoms. The minimum Gasteiger partial charge on any atom is -0.348 e. The van der Waals surface area contributed by atoms with Gasteiger partial charge in [-0.25, -0.2) is 15.8 Å². The maximum Gasteiger partial charge on any atom is 0.354 e. The summed E-state index contributed by atoms with van der Waals surface area (Å²) >= 11 is 0. The van der Waals surface area contributed by atoms with Crippen LogP contribution in [0.25, 0.3) is 0 Å². The number of rotatable bonds is 8. The number of nitro groups is 1. The molecule has 0 atom stereocenters. The van der Waals surface area contributed by atoms with Gasteiger partial charge in [0.2, 0.25) is 11.6 Å². The summed E-state index contributed by atoms with van der Waals surface area (Å²) in [6.45, 7) is 6.79. The number of anilines is 2. The van der Waals surface area contributed by atoms with E-state index < -0.39 is 4.92 Å². The van der Waals surface area contributed by atoms with E-state index in [2.05, 4.69) is 22.3 Å². The van der Waals surface area contributed by atoms with Gasteiger partial charge in [-0.15, -0.1) is 0 Å². The number of nitrogens with two attached hydrogens (primary N) is 1. The Morgan fingerprint density at radius 2 is 2.15 bits per heavy atom. The molecule has 1 aromatic rings. The minimum absolute atomic E-state index is 0.0288. The van der Waals surface area contributed by atoms with Gasteiger partial charge < -0.3 is 10.3 Å². The van der Waals surface area contributed by atoms with Gasteiger partial charge in [0.25, 0.3) is 0 Å². The first kappa shape index (κ1) is 16.1. The smallest absolute Gasteiger partial charge is 0.348 e. The fourth-order valence-corrected chi connectivity index (χ4v) is 1.99. The van der Waals surface area contributed by atoms with E-state index >= 15 is 0 Å². The summed E-state index contributed by atoms with van der Waals surface area (Å²) in [7, 11) is 0. The van der Waals surface area contributed by atoms with Gasteiger partial charge in [-0.3, -0.25) is 10.1 Å². The van der Waals surface area contributed by atoms with Crippen LogP contribution in [0.15, 0.2) is 6.33 Å². The topological polar surface area (TPSA) is 110 Å². The molecule has 1 aromatic heterocycles. The van der Waals surface area contributed by atoms with Crippen molar-refractivity contribution in [2.45, 2.75) is 46.1 Å². The van der Waals surface area contributed by atoms with Crippen molar-refractivity contribution >= 4 is 17.3 Å². The molecular formula is C12H22N6O2. The maximum absolute atomic E-state index is 11.3. The number of nitrogens with one attached hydrogen (secondary N) is 1. The van der Waals surface area contributed by atoms with E-state index in [1.165, 1.54) is 6.33 Å². The SMILES string of the molecule is CCCCCN(c1ncnc(NN)c1[N+](=O)[O-])C(C)C. The van der Waals surface area contributed by atoms with Crippen LogP contribution < -0.4 is 16.2 Å². The molecule has 8 nitrogen and oxygen atoms in total. The van der Waals surface area contributed by atoms with Crippen molar-refractivity contribution in [3.05, 3.63) is 16.4 Å². The first-order chi connectivity index (χ1) is 9.52. The zero-order valence-electron chi connectivity index (χ0n) is 12.2. The Morgan fingerprint density at radius 1 is 1.45 bits per heavy atom. The van der Waals surface area contributed by atoms with Gasteiger partial charge in [0.15, 0.2) is 0 Å². The predicted octanol–water partition coefficient (Wildman–Crippen LogP) is 2.08. The van der Waals surface area contributed by atoms with Crippen molar-refractivity contribution in [2.24, 2.45) is 5.84 Å². The molecule has 1 heterocycles. The van der Waals surface area contributed by atoms with Crippen molar-refractivity contribution in [3.63, 3.8) is 0 Å². The molecule has 3 N–H and O–H groups in total. The summed E-state index contributed by atoms with van der Waals surface area (Å²) in [6, 6.07) is 0.103. The molecule has 8 heteroatoms. The summed E-state index contributed by atoms with van der Waals surface area (Å²) in [4.78, 5) is 20.6. The van der Waals surface area contributed by atoms with E-state index in [1.54, 1.807) is 0 Å². The summed E-state index contributed by atoms with van der Waals surface area (Å²) < 4.78 is 0. The Kier molecular flexibility index (Phi) is 6.10. The second-order valence-electron chi connectivity index (χ2n) is 4.79. The number of nitrogen functional groups attached to an aromatic ring is 1. The van der Waals surface area contributed by atoms with Crippen molar-refractivity contribution in [1.29, 1.82) is 0 Å². The van der Waals surface area contributed by atoms with Gasteiger partial charge in [0.1, 0.15) is 6.33 Å². The van der Waals surface area contributed by atoms with E-state index in [4.69, 9.17) is 5.84 Å². The largest absolute Gasteiger partial charge is 0.354 e. The Hall–Kier alpha value is -1.96. The molecule has 0 aliphatic rings. The third-order valence-corrected chi connectivity index (χ3v) is 3.02. The molecule has 0 bridgehead atoms. The lowest BCUT2D eigenvalue weighted by Crippen LogP contribution is -2.33. The average Bonchev–Trinajstić information content (AvgIpc) is 2.42. The monoisotopic (exact) mass is 282 g/mol. The lowest BCUT2D eigenvalue weighted by Gasteiger charge is -2.27. The van der Waals surface area contributed by atoms with E-state index in [9.17, 15) is 10.1 Å². The fraction of sp³-hybridized carbons (Fsp3) is 0.667. The van der Waals surface area contributed by atoms with Gasteiger partial charge in [-0.2, -0.15) is 0 Å². The molecule has 0 aliphatic heterocycles. The number of unbranched alkanes of at least 4 members (excludes halogenated alkanes) is 2. The van der Waals surface area contributed by atoms with Crippen LogP contribution in [0.1, 0.15) is 40.0 Å². The lowest BCUT2D eigenvalue weighted by molar-refractivity contribution is -0.383. The fourth-order valence-electron chi connectivity index (χ4n) is 1.99. The third-order valence-electron chi connectivity index (χ3n) is 3.02. The molecule has 20 heavy (non-hydrogen) atoms. The highest BCUT2D eigenvalue weighted by molar-refractivity contribution is 5.70. The molecule has 0 aromatic carbocycles. The number of nitrogens with zero attached hydrogens (tertiary/aromatic N) is 4. The van der Waals surface area contributed by atoms with Crippen LogP contribution in [0.4, 0.5) is 17.3 Å². The van der Waals surface area contributed by atoms with Gasteiger partial charge in [0.05, 0.1) is 4.92 Å². The predicted molar refractivity (Wildman–Crippen MR) is 78.5 cm³/mol. The number of hydrazine groups is 1. The summed E-state index contributed by atoms with van der Waals surface area (Å²) in [6.07, 6.45) is 4.41. The highest BCUT2D eigenvalue weighted by Crippen LogP contribution is 2.32. The van der Waals surface area contributed by atoms with Crippen molar-refractivity contribution < 1.29 is 4.92 Å². The summed E-state index contributed by atoms with van der Waals surface area (Å²) in [5, 5.41) is 11.3.